The number of halogens is 1. The molecule has 2 aromatic carbocycles. The molecule has 1 saturated heterocycles. The second-order valence-electron chi connectivity index (χ2n) is 7.10. The summed E-state index contributed by atoms with van der Waals surface area (Å²) in [5.41, 5.74) is 1.99. The van der Waals surface area contributed by atoms with Crippen LogP contribution in [0.4, 0.5) is 4.39 Å². The standard InChI is InChI=1S/C22H23FN2O2/c1-15-12-17-13-16(8-9-21(17)27-15)22(26)24-14-20(25-10-4-5-11-25)18-6-2-3-7-19(18)23/h2-3,6-9,12-13,20H,4-5,10-11,14H2,1H3,(H,24,26). The number of amides is 1. The van der Waals surface area contributed by atoms with E-state index in [1.165, 1.54) is 6.07 Å². The average Bonchev–Trinajstić information content (AvgIpc) is 3.31. The lowest BCUT2D eigenvalue weighted by atomic mass is 10.0. The van der Waals surface area contributed by atoms with Gasteiger partial charge in [-0.05, 0) is 63.2 Å². The third-order valence-electron chi connectivity index (χ3n) is 5.20. The lowest BCUT2D eigenvalue weighted by molar-refractivity contribution is 0.0937. The lowest BCUT2D eigenvalue weighted by Crippen LogP contribution is -2.37. The van der Waals surface area contributed by atoms with Gasteiger partial charge in [0.25, 0.3) is 5.91 Å². The number of hydrogen-bond donors (Lipinski definition) is 1. The molecule has 3 aromatic rings. The minimum absolute atomic E-state index is 0.155. The van der Waals surface area contributed by atoms with Gasteiger partial charge in [-0.3, -0.25) is 9.69 Å². The van der Waals surface area contributed by atoms with Crippen molar-refractivity contribution in [2.24, 2.45) is 0 Å². The molecule has 1 fully saturated rings. The zero-order chi connectivity index (χ0) is 18.8. The quantitative estimate of drug-likeness (QED) is 0.726. The Morgan fingerprint density at radius 2 is 1.96 bits per heavy atom. The van der Waals surface area contributed by atoms with Gasteiger partial charge < -0.3 is 9.73 Å². The fourth-order valence-electron chi connectivity index (χ4n) is 3.84. The first-order valence-electron chi connectivity index (χ1n) is 9.39. The monoisotopic (exact) mass is 366 g/mol. The van der Waals surface area contributed by atoms with Crippen molar-refractivity contribution in [3.63, 3.8) is 0 Å². The summed E-state index contributed by atoms with van der Waals surface area (Å²) in [7, 11) is 0. The van der Waals surface area contributed by atoms with Crippen LogP contribution in [0.25, 0.3) is 11.0 Å². The van der Waals surface area contributed by atoms with Crippen LogP contribution in [-0.4, -0.2) is 30.4 Å². The highest BCUT2D eigenvalue weighted by atomic mass is 19.1. The van der Waals surface area contributed by atoms with Gasteiger partial charge in [0, 0.05) is 23.1 Å². The van der Waals surface area contributed by atoms with E-state index >= 15 is 0 Å². The first-order chi connectivity index (χ1) is 13.1. The van der Waals surface area contributed by atoms with Crippen molar-refractivity contribution in [3.8, 4) is 0 Å². The molecule has 0 aliphatic carbocycles. The van der Waals surface area contributed by atoms with E-state index in [4.69, 9.17) is 4.42 Å². The van der Waals surface area contributed by atoms with Gasteiger partial charge in [0.2, 0.25) is 0 Å². The number of carbonyl (C=O) groups is 1. The largest absolute Gasteiger partial charge is 0.461 e. The van der Waals surface area contributed by atoms with Gasteiger partial charge in [-0.1, -0.05) is 18.2 Å². The smallest absolute Gasteiger partial charge is 0.251 e. The van der Waals surface area contributed by atoms with E-state index in [0.29, 0.717) is 17.7 Å². The molecule has 0 spiro atoms. The summed E-state index contributed by atoms with van der Waals surface area (Å²) >= 11 is 0. The number of likely N-dealkylation sites (tertiary alicyclic amines) is 1. The second kappa shape index (κ2) is 7.53. The summed E-state index contributed by atoms with van der Waals surface area (Å²) in [5, 5.41) is 3.90. The molecule has 2 heterocycles. The number of fused-ring (bicyclic) bond motifs is 1. The lowest BCUT2D eigenvalue weighted by Gasteiger charge is -2.28. The molecule has 1 aliphatic rings. The molecule has 1 N–H and O–H groups in total. The topological polar surface area (TPSA) is 45.5 Å². The Kier molecular flexibility index (Phi) is 4.94. The molecule has 1 amide bonds. The van der Waals surface area contributed by atoms with Crippen LogP contribution in [0.3, 0.4) is 0 Å². The van der Waals surface area contributed by atoms with Crippen LogP contribution in [0, 0.1) is 12.7 Å². The molecule has 1 aliphatic heterocycles. The minimum Gasteiger partial charge on any atom is -0.461 e. The molecule has 0 radical (unpaired) electrons. The van der Waals surface area contributed by atoms with Crippen LogP contribution in [0.5, 0.6) is 0 Å². The molecule has 1 unspecified atom stereocenters. The highest BCUT2D eigenvalue weighted by Crippen LogP contribution is 2.27. The van der Waals surface area contributed by atoms with Crippen LogP contribution in [0.1, 0.15) is 40.6 Å². The van der Waals surface area contributed by atoms with E-state index in [9.17, 15) is 9.18 Å². The maximum absolute atomic E-state index is 14.4. The number of carbonyl (C=O) groups excluding carboxylic acids is 1. The number of furan rings is 1. The zero-order valence-corrected chi connectivity index (χ0v) is 15.4. The van der Waals surface area contributed by atoms with Gasteiger partial charge in [-0.25, -0.2) is 4.39 Å². The maximum Gasteiger partial charge on any atom is 0.251 e. The Morgan fingerprint density at radius 3 is 2.74 bits per heavy atom. The van der Waals surface area contributed by atoms with Gasteiger partial charge >= 0.3 is 0 Å². The number of benzene rings is 2. The summed E-state index contributed by atoms with van der Waals surface area (Å²) in [5.74, 6) is 0.437. The number of hydrogen-bond acceptors (Lipinski definition) is 3. The Morgan fingerprint density at radius 1 is 1.19 bits per heavy atom. The maximum atomic E-state index is 14.4. The van der Waals surface area contributed by atoms with E-state index in [1.54, 1.807) is 12.1 Å². The Labute approximate surface area is 158 Å². The van der Waals surface area contributed by atoms with Crippen LogP contribution in [-0.2, 0) is 0 Å². The fourth-order valence-corrected chi connectivity index (χ4v) is 3.84. The highest BCUT2D eigenvalue weighted by molar-refractivity contribution is 5.97. The van der Waals surface area contributed by atoms with Crippen molar-refractivity contribution in [1.29, 1.82) is 0 Å². The van der Waals surface area contributed by atoms with Gasteiger partial charge in [0.15, 0.2) is 0 Å². The normalized spacial score (nSPS) is 15.9. The van der Waals surface area contributed by atoms with Crippen LogP contribution in [0.15, 0.2) is 52.9 Å². The molecular weight excluding hydrogens is 343 g/mol. The number of aryl methyl sites for hydroxylation is 1. The van der Waals surface area contributed by atoms with E-state index in [2.05, 4.69) is 10.2 Å². The van der Waals surface area contributed by atoms with E-state index in [1.807, 2.05) is 37.3 Å². The fraction of sp³-hybridized carbons (Fsp3) is 0.318. The SMILES string of the molecule is Cc1cc2cc(C(=O)NCC(c3ccccc3F)N3CCCC3)ccc2o1. The molecule has 140 valence electrons. The second-order valence-corrected chi connectivity index (χ2v) is 7.10. The molecule has 1 aromatic heterocycles. The van der Waals surface area contributed by atoms with Crippen LogP contribution >= 0.6 is 0 Å². The molecule has 4 nitrogen and oxygen atoms in total. The van der Waals surface area contributed by atoms with E-state index < -0.39 is 0 Å². The van der Waals surface area contributed by atoms with Gasteiger partial charge in [0.1, 0.15) is 17.2 Å². The highest BCUT2D eigenvalue weighted by Gasteiger charge is 2.26. The van der Waals surface area contributed by atoms with Crippen molar-refractivity contribution in [2.75, 3.05) is 19.6 Å². The summed E-state index contributed by atoms with van der Waals surface area (Å²) in [4.78, 5) is 14.9. The van der Waals surface area contributed by atoms with Crippen molar-refractivity contribution in [1.82, 2.24) is 10.2 Å². The molecule has 4 rings (SSSR count). The first kappa shape index (κ1) is 17.7. The van der Waals surface area contributed by atoms with Gasteiger partial charge in [-0.2, -0.15) is 0 Å². The summed E-state index contributed by atoms with van der Waals surface area (Å²) in [6.07, 6.45) is 2.21. The third-order valence-corrected chi connectivity index (χ3v) is 5.20. The summed E-state index contributed by atoms with van der Waals surface area (Å²) in [6, 6.07) is 14.0. The van der Waals surface area contributed by atoms with Crippen molar-refractivity contribution in [2.45, 2.75) is 25.8 Å². The van der Waals surface area contributed by atoms with Crippen molar-refractivity contribution >= 4 is 16.9 Å². The molecule has 0 saturated carbocycles. The minimum atomic E-state index is -0.223. The average molecular weight is 366 g/mol. The van der Waals surface area contributed by atoms with E-state index in [-0.39, 0.29) is 17.8 Å². The Hall–Kier alpha value is -2.66. The zero-order valence-electron chi connectivity index (χ0n) is 15.4. The van der Waals surface area contributed by atoms with E-state index in [0.717, 1.165) is 42.7 Å². The summed E-state index contributed by atoms with van der Waals surface area (Å²) in [6.45, 7) is 4.11. The molecular formula is C22H23FN2O2. The summed E-state index contributed by atoms with van der Waals surface area (Å²) < 4.78 is 19.9. The third kappa shape index (κ3) is 3.74. The number of nitrogens with zero attached hydrogens (tertiary/aromatic N) is 1. The van der Waals surface area contributed by atoms with Crippen molar-refractivity contribution in [3.05, 3.63) is 71.2 Å². The number of nitrogens with one attached hydrogen (secondary N) is 1. The van der Waals surface area contributed by atoms with Crippen molar-refractivity contribution < 1.29 is 13.6 Å². The molecule has 5 heteroatoms. The van der Waals surface area contributed by atoms with Crippen LogP contribution < -0.4 is 5.32 Å². The Balaban J connectivity index is 1.52. The van der Waals surface area contributed by atoms with Gasteiger partial charge in [0.05, 0.1) is 6.04 Å². The predicted octanol–water partition coefficient (Wildman–Crippen LogP) is 4.45. The van der Waals surface area contributed by atoms with Gasteiger partial charge in [-0.15, -0.1) is 0 Å². The predicted molar refractivity (Wildman–Crippen MR) is 103 cm³/mol. The molecule has 27 heavy (non-hydrogen) atoms. The van der Waals surface area contributed by atoms with Crippen LogP contribution in [0.2, 0.25) is 0 Å². The molecule has 0 bridgehead atoms. The first-order valence-corrected chi connectivity index (χ1v) is 9.39. The number of rotatable bonds is 5. The molecule has 1 atom stereocenters. The Bertz CT molecular complexity index is 960.